The molecule has 0 bridgehead atoms. The van der Waals surface area contributed by atoms with Crippen LogP contribution in [0.4, 0.5) is 5.69 Å². The molecule has 0 saturated carbocycles. The smallest absolute Gasteiger partial charge is 0.248 e. The van der Waals surface area contributed by atoms with Crippen molar-refractivity contribution in [2.45, 2.75) is 6.54 Å². The fraction of sp³-hybridized carbons (Fsp3) is 0.192. The van der Waals surface area contributed by atoms with Crippen LogP contribution in [0, 0.1) is 11.8 Å². The second-order valence-corrected chi connectivity index (χ2v) is 7.63. The Bertz CT molecular complexity index is 1100. The van der Waals surface area contributed by atoms with Gasteiger partial charge in [-0.2, -0.15) is 0 Å². The van der Waals surface area contributed by atoms with Gasteiger partial charge in [0.2, 0.25) is 5.91 Å². The zero-order chi connectivity index (χ0) is 21.6. The maximum Gasteiger partial charge on any atom is 0.248 e. The van der Waals surface area contributed by atoms with Crippen molar-refractivity contribution in [1.29, 1.82) is 0 Å². The number of carbonyl (C=O) groups is 1. The van der Waals surface area contributed by atoms with E-state index in [0.29, 0.717) is 5.56 Å². The topological polar surface area (TPSA) is 69.8 Å². The minimum absolute atomic E-state index is 0.244. The lowest BCUT2D eigenvalue weighted by atomic mass is 10.1. The molecular weight excluding hydrogens is 386 g/mol. The standard InChI is InChI=1S/C26H25N3O2/c27-26(31)22-9-11-24(12-10-22)29-17-15-28(16-18-29)19-23-4-2-1-3-21(23)8-5-20-6-13-25(30)14-7-20/h1-4,6-7,9-14,30H,15-19H2,(H2,27,31). The highest BCUT2D eigenvalue weighted by Crippen LogP contribution is 2.19. The Balaban J connectivity index is 1.39. The maximum atomic E-state index is 11.3. The summed E-state index contributed by atoms with van der Waals surface area (Å²) in [5.74, 6) is 6.31. The van der Waals surface area contributed by atoms with E-state index in [1.165, 1.54) is 5.56 Å². The Labute approximate surface area is 182 Å². The summed E-state index contributed by atoms with van der Waals surface area (Å²) < 4.78 is 0. The minimum Gasteiger partial charge on any atom is -0.508 e. The van der Waals surface area contributed by atoms with Gasteiger partial charge >= 0.3 is 0 Å². The number of primary amides is 1. The molecular formula is C26H25N3O2. The first-order chi connectivity index (χ1) is 15.1. The number of hydrogen-bond donors (Lipinski definition) is 2. The number of phenols is 1. The lowest BCUT2D eigenvalue weighted by Gasteiger charge is -2.36. The van der Waals surface area contributed by atoms with E-state index >= 15 is 0 Å². The third kappa shape index (κ3) is 5.25. The average Bonchev–Trinajstić information content (AvgIpc) is 2.80. The van der Waals surface area contributed by atoms with Crippen LogP contribution in [0.3, 0.4) is 0 Å². The number of amides is 1. The van der Waals surface area contributed by atoms with Crippen molar-refractivity contribution in [3.63, 3.8) is 0 Å². The molecule has 0 atom stereocenters. The number of piperazine rings is 1. The van der Waals surface area contributed by atoms with Crippen LogP contribution >= 0.6 is 0 Å². The summed E-state index contributed by atoms with van der Waals surface area (Å²) in [6.45, 7) is 4.62. The highest BCUT2D eigenvalue weighted by Gasteiger charge is 2.18. The molecule has 1 fully saturated rings. The Hall–Kier alpha value is -3.75. The van der Waals surface area contributed by atoms with E-state index in [0.717, 1.165) is 49.5 Å². The summed E-state index contributed by atoms with van der Waals surface area (Å²) in [7, 11) is 0. The maximum absolute atomic E-state index is 11.3. The predicted molar refractivity (Wildman–Crippen MR) is 123 cm³/mol. The minimum atomic E-state index is -0.399. The van der Waals surface area contributed by atoms with Gasteiger partial charge in [-0.25, -0.2) is 0 Å². The van der Waals surface area contributed by atoms with Crippen molar-refractivity contribution in [1.82, 2.24) is 4.90 Å². The Kier molecular flexibility index (Phi) is 6.21. The van der Waals surface area contributed by atoms with Gasteiger partial charge in [-0.05, 0) is 60.2 Å². The van der Waals surface area contributed by atoms with Crippen molar-refractivity contribution in [2.75, 3.05) is 31.1 Å². The molecule has 4 rings (SSSR count). The van der Waals surface area contributed by atoms with Crippen LogP contribution in [0.2, 0.25) is 0 Å². The molecule has 156 valence electrons. The number of nitrogens with two attached hydrogens (primary N) is 1. The van der Waals surface area contributed by atoms with Gasteiger partial charge < -0.3 is 15.7 Å². The second kappa shape index (κ2) is 9.38. The quantitative estimate of drug-likeness (QED) is 0.647. The number of aromatic hydroxyl groups is 1. The highest BCUT2D eigenvalue weighted by atomic mass is 16.3. The van der Waals surface area contributed by atoms with Crippen LogP contribution in [0.5, 0.6) is 5.75 Å². The molecule has 1 heterocycles. The SMILES string of the molecule is NC(=O)c1ccc(N2CCN(Cc3ccccc3C#Cc3ccc(O)cc3)CC2)cc1. The van der Waals surface area contributed by atoms with E-state index in [1.54, 1.807) is 24.3 Å². The molecule has 3 aromatic carbocycles. The van der Waals surface area contributed by atoms with Gasteiger partial charge in [0.05, 0.1) is 0 Å². The molecule has 0 aromatic heterocycles. The van der Waals surface area contributed by atoms with Crippen LogP contribution in [0.1, 0.15) is 27.0 Å². The second-order valence-electron chi connectivity index (χ2n) is 7.63. The van der Waals surface area contributed by atoms with E-state index in [9.17, 15) is 9.90 Å². The van der Waals surface area contributed by atoms with Gasteiger partial charge in [0.15, 0.2) is 0 Å². The summed E-state index contributed by atoms with van der Waals surface area (Å²) in [4.78, 5) is 16.0. The normalized spacial score (nSPS) is 14.0. The molecule has 0 spiro atoms. The molecule has 3 N–H and O–H groups in total. The zero-order valence-electron chi connectivity index (χ0n) is 17.3. The molecule has 0 aliphatic carbocycles. The van der Waals surface area contributed by atoms with Crippen molar-refractivity contribution >= 4 is 11.6 Å². The molecule has 1 amide bonds. The van der Waals surface area contributed by atoms with Crippen molar-refractivity contribution in [2.24, 2.45) is 5.73 Å². The number of nitrogens with zero attached hydrogens (tertiary/aromatic N) is 2. The molecule has 5 heteroatoms. The van der Waals surface area contributed by atoms with E-state index in [2.05, 4.69) is 39.8 Å². The number of phenolic OH excluding ortho intramolecular Hbond substituents is 1. The Morgan fingerprint density at radius 3 is 2.23 bits per heavy atom. The van der Waals surface area contributed by atoms with Crippen molar-refractivity contribution in [3.8, 4) is 17.6 Å². The fourth-order valence-corrected chi connectivity index (χ4v) is 3.71. The Morgan fingerprint density at radius 2 is 1.55 bits per heavy atom. The van der Waals surface area contributed by atoms with Crippen molar-refractivity contribution < 1.29 is 9.90 Å². The monoisotopic (exact) mass is 411 g/mol. The summed E-state index contributed by atoms with van der Waals surface area (Å²) in [5.41, 5.74) is 10.1. The number of carbonyl (C=O) groups excluding carboxylic acids is 1. The van der Waals surface area contributed by atoms with Crippen LogP contribution in [0.15, 0.2) is 72.8 Å². The first-order valence-electron chi connectivity index (χ1n) is 10.3. The molecule has 1 saturated heterocycles. The average molecular weight is 412 g/mol. The third-order valence-corrected chi connectivity index (χ3v) is 5.51. The summed E-state index contributed by atoms with van der Waals surface area (Å²) >= 11 is 0. The van der Waals surface area contributed by atoms with Gasteiger partial charge in [0, 0.05) is 55.1 Å². The fourth-order valence-electron chi connectivity index (χ4n) is 3.71. The van der Waals surface area contributed by atoms with Gasteiger partial charge in [0.1, 0.15) is 5.75 Å². The summed E-state index contributed by atoms with van der Waals surface area (Å²) in [6.07, 6.45) is 0. The summed E-state index contributed by atoms with van der Waals surface area (Å²) in [5, 5.41) is 9.42. The van der Waals surface area contributed by atoms with Crippen LogP contribution < -0.4 is 10.6 Å². The molecule has 5 nitrogen and oxygen atoms in total. The van der Waals surface area contributed by atoms with E-state index in [1.807, 2.05) is 30.3 Å². The number of rotatable bonds is 4. The van der Waals surface area contributed by atoms with Gasteiger partial charge in [-0.15, -0.1) is 0 Å². The number of hydrogen-bond acceptors (Lipinski definition) is 4. The molecule has 1 aliphatic rings. The van der Waals surface area contributed by atoms with Crippen LogP contribution in [-0.4, -0.2) is 42.1 Å². The van der Waals surface area contributed by atoms with Crippen LogP contribution in [-0.2, 0) is 6.54 Å². The first-order valence-corrected chi connectivity index (χ1v) is 10.3. The largest absolute Gasteiger partial charge is 0.508 e. The lowest BCUT2D eigenvalue weighted by molar-refractivity contribution is 0.100. The van der Waals surface area contributed by atoms with E-state index in [-0.39, 0.29) is 5.75 Å². The Morgan fingerprint density at radius 1 is 0.871 bits per heavy atom. The first kappa shape index (κ1) is 20.5. The van der Waals surface area contributed by atoms with Gasteiger partial charge in [-0.3, -0.25) is 9.69 Å². The van der Waals surface area contributed by atoms with Gasteiger partial charge in [-0.1, -0.05) is 30.0 Å². The predicted octanol–water partition coefficient (Wildman–Crippen LogP) is 3.21. The van der Waals surface area contributed by atoms with Gasteiger partial charge in [0.25, 0.3) is 0 Å². The van der Waals surface area contributed by atoms with Crippen molar-refractivity contribution in [3.05, 3.63) is 95.1 Å². The zero-order valence-corrected chi connectivity index (χ0v) is 17.3. The molecule has 0 radical (unpaired) electrons. The molecule has 0 unspecified atom stereocenters. The number of anilines is 1. The number of benzene rings is 3. The molecule has 3 aromatic rings. The third-order valence-electron chi connectivity index (χ3n) is 5.51. The van der Waals surface area contributed by atoms with Crippen LogP contribution in [0.25, 0.3) is 0 Å². The summed E-state index contributed by atoms with van der Waals surface area (Å²) in [6, 6.07) is 22.7. The molecule has 31 heavy (non-hydrogen) atoms. The van der Waals surface area contributed by atoms with E-state index < -0.39 is 5.91 Å². The van der Waals surface area contributed by atoms with E-state index in [4.69, 9.17) is 5.73 Å². The lowest BCUT2D eigenvalue weighted by Crippen LogP contribution is -2.46. The molecule has 1 aliphatic heterocycles. The highest BCUT2D eigenvalue weighted by molar-refractivity contribution is 5.93.